The van der Waals surface area contributed by atoms with Crippen LogP contribution in [0, 0.1) is 5.92 Å². The molecular formula is C17H31N3O. The van der Waals surface area contributed by atoms with Crippen LogP contribution in [0.25, 0.3) is 0 Å². The third kappa shape index (κ3) is 2.85. The molecule has 0 spiro atoms. The highest BCUT2D eigenvalue weighted by molar-refractivity contribution is 5.84. The van der Waals surface area contributed by atoms with Gasteiger partial charge in [-0.15, -0.1) is 0 Å². The van der Waals surface area contributed by atoms with Crippen molar-refractivity contribution < 1.29 is 4.79 Å². The second-order valence-electron chi connectivity index (χ2n) is 7.44. The van der Waals surface area contributed by atoms with Crippen molar-refractivity contribution >= 4 is 5.91 Å². The molecule has 0 aromatic heterocycles. The number of likely N-dealkylation sites (N-methyl/N-ethyl adjacent to an activating group) is 1. The molecule has 3 rings (SSSR count). The lowest BCUT2D eigenvalue weighted by molar-refractivity contribution is -0.127. The molecule has 3 N–H and O–H groups in total. The minimum atomic E-state index is -0.468. The van der Waals surface area contributed by atoms with Gasteiger partial charge in [-0.1, -0.05) is 12.8 Å². The van der Waals surface area contributed by atoms with E-state index in [1.54, 1.807) is 0 Å². The summed E-state index contributed by atoms with van der Waals surface area (Å²) >= 11 is 0. The molecule has 0 aromatic rings. The number of primary amides is 1. The molecule has 4 atom stereocenters. The number of hydrogen-bond acceptors (Lipinski definition) is 3. The highest BCUT2D eigenvalue weighted by Crippen LogP contribution is 2.40. The van der Waals surface area contributed by atoms with Crippen molar-refractivity contribution in [1.82, 2.24) is 10.2 Å². The number of nitrogens with two attached hydrogens (primary N) is 1. The van der Waals surface area contributed by atoms with E-state index in [-0.39, 0.29) is 5.91 Å². The van der Waals surface area contributed by atoms with Gasteiger partial charge in [-0.2, -0.15) is 0 Å². The first-order chi connectivity index (χ1) is 10.2. The Balaban J connectivity index is 1.74. The Morgan fingerprint density at radius 3 is 2.67 bits per heavy atom. The monoisotopic (exact) mass is 293 g/mol. The average molecular weight is 293 g/mol. The Morgan fingerprint density at radius 2 is 1.90 bits per heavy atom. The summed E-state index contributed by atoms with van der Waals surface area (Å²) in [5, 5.41) is 3.26. The van der Waals surface area contributed by atoms with Crippen molar-refractivity contribution in [3.05, 3.63) is 0 Å². The maximum atomic E-state index is 12.0. The van der Waals surface area contributed by atoms with Gasteiger partial charge in [0, 0.05) is 12.1 Å². The molecule has 4 unspecified atom stereocenters. The maximum Gasteiger partial charge on any atom is 0.237 e. The summed E-state index contributed by atoms with van der Waals surface area (Å²) in [6, 6.07) is 1.32. The average Bonchev–Trinajstić information content (AvgIpc) is 2.54. The van der Waals surface area contributed by atoms with E-state index in [0.29, 0.717) is 6.04 Å². The molecule has 1 amide bonds. The van der Waals surface area contributed by atoms with E-state index in [9.17, 15) is 4.79 Å². The van der Waals surface area contributed by atoms with E-state index in [4.69, 9.17) is 5.73 Å². The molecule has 2 aliphatic carbocycles. The third-order valence-corrected chi connectivity index (χ3v) is 6.43. The van der Waals surface area contributed by atoms with E-state index in [1.807, 2.05) is 7.05 Å². The molecule has 4 heteroatoms. The fraction of sp³-hybridized carbons (Fsp3) is 0.941. The molecule has 2 saturated carbocycles. The van der Waals surface area contributed by atoms with Crippen LogP contribution in [0.2, 0.25) is 0 Å². The molecule has 0 bridgehead atoms. The fourth-order valence-corrected chi connectivity index (χ4v) is 5.22. The van der Waals surface area contributed by atoms with Crippen molar-refractivity contribution in [3.8, 4) is 0 Å². The Bertz CT molecular complexity index is 384. The number of fused-ring (bicyclic) bond motifs is 1. The molecule has 3 fully saturated rings. The number of likely N-dealkylation sites (tertiary alicyclic amines) is 1. The minimum Gasteiger partial charge on any atom is -0.368 e. The van der Waals surface area contributed by atoms with Gasteiger partial charge in [-0.3, -0.25) is 9.69 Å². The minimum absolute atomic E-state index is 0.160. The van der Waals surface area contributed by atoms with Crippen LogP contribution >= 0.6 is 0 Å². The Morgan fingerprint density at radius 1 is 1.14 bits per heavy atom. The zero-order valence-electron chi connectivity index (χ0n) is 13.4. The highest BCUT2D eigenvalue weighted by atomic mass is 16.1. The molecule has 1 heterocycles. The fourth-order valence-electron chi connectivity index (χ4n) is 5.22. The Labute approximate surface area is 128 Å². The SMILES string of the molecule is CNC1(C(N)=O)CCCC(N2CCCC3CCCCC32)C1. The van der Waals surface area contributed by atoms with Crippen LogP contribution < -0.4 is 11.1 Å². The molecular weight excluding hydrogens is 262 g/mol. The first-order valence-corrected chi connectivity index (χ1v) is 8.91. The lowest BCUT2D eigenvalue weighted by atomic mass is 9.73. The van der Waals surface area contributed by atoms with Gasteiger partial charge in [0.25, 0.3) is 0 Å². The number of carbonyl (C=O) groups excluding carboxylic acids is 1. The van der Waals surface area contributed by atoms with Crippen LogP contribution in [0.4, 0.5) is 0 Å². The van der Waals surface area contributed by atoms with Crippen molar-refractivity contribution in [2.45, 2.75) is 81.8 Å². The molecule has 1 aliphatic heterocycles. The summed E-state index contributed by atoms with van der Waals surface area (Å²) in [6.07, 6.45) is 12.5. The molecule has 120 valence electrons. The second-order valence-corrected chi connectivity index (χ2v) is 7.44. The van der Waals surface area contributed by atoms with Crippen LogP contribution in [0.15, 0.2) is 0 Å². The number of nitrogens with one attached hydrogen (secondary N) is 1. The quantitative estimate of drug-likeness (QED) is 0.837. The van der Waals surface area contributed by atoms with E-state index >= 15 is 0 Å². The lowest BCUT2D eigenvalue weighted by Crippen LogP contribution is -2.62. The molecule has 0 aromatic carbocycles. The zero-order chi connectivity index (χ0) is 14.9. The summed E-state index contributed by atoms with van der Waals surface area (Å²) in [6.45, 7) is 1.23. The van der Waals surface area contributed by atoms with Gasteiger partial charge < -0.3 is 11.1 Å². The number of amides is 1. The predicted octanol–water partition coefficient (Wildman–Crippen LogP) is 2.03. The predicted molar refractivity (Wildman–Crippen MR) is 84.9 cm³/mol. The van der Waals surface area contributed by atoms with Crippen LogP contribution in [0.5, 0.6) is 0 Å². The van der Waals surface area contributed by atoms with E-state index < -0.39 is 5.54 Å². The number of nitrogens with zero attached hydrogens (tertiary/aromatic N) is 1. The van der Waals surface area contributed by atoms with Gasteiger partial charge >= 0.3 is 0 Å². The summed E-state index contributed by atoms with van der Waals surface area (Å²) < 4.78 is 0. The van der Waals surface area contributed by atoms with Crippen LogP contribution in [0.1, 0.15) is 64.2 Å². The lowest BCUT2D eigenvalue weighted by Gasteiger charge is -2.51. The maximum absolute atomic E-state index is 12.0. The van der Waals surface area contributed by atoms with Crippen LogP contribution in [0.3, 0.4) is 0 Å². The first-order valence-electron chi connectivity index (χ1n) is 8.91. The Hall–Kier alpha value is -0.610. The molecule has 1 saturated heterocycles. The highest BCUT2D eigenvalue weighted by Gasteiger charge is 2.44. The topological polar surface area (TPSA) is 58.4 Å². The smallest absolute Gasteiger partial charge is 0.237 e. The van der Waals surface area contributed by atoms with Gasteiger partial charge in [0.2, 0.25) is 5.91 Å². The zero-order valence-corrected chi connectivity index (χ0v) is 13.4. The largest absolute Gasteiger partial charge is 0.368 e. The van der Waals surface area contributed by atoms with E-state index in [0.717, 1.165) is 31.2 Å². The normalized spacial score (nSPS) is 41.5. The number of carbonyl (C=O) groups is 1. The van der Waals surface area contributed by atoms with E-state index in [1.165, 1.54) is 51.5 Å². The first kappa shape index (κ1) is 15.3. The summed E-state index contributed by atoms with van der Waals surface area (Å²) in [5.74, 6) is 0.749. The number of piperidine rings is 1. The van der Waals surface area contributed by atoms with Gasteiger partial charge in [0.05, 0.1) is 5.54 Å². The third-order valence-electron chi connectivity index (χ3n) is 6.43. The van der Waals surface area contributed by atoms with Gasteiger partial charge in [-0.05, 0) is 70.9 Å². The summed E-state index contributed by atoms with van der Waals surface area (Å²) in [7, 11) is 1.90. The second kappa shape index (κ2) is 6.25. The van der Waals surface area contributed by atoms with Gasteiger partial charge in [-0.25, -0.2) is 0 Å². The summed E-state index contributed by atoms with van der Waals surface area (Å²) in [5.41, 5.74) is 5.25. The number of rotatable bonds is 3. The standard InChI is InChI=1S/C17H31N3O/c1-19-17(16(18)21)10-4-8-14(12-17)20-11-5-7-13-6-2-3-9-15(13)20/h13-15,19H,2-12H2,1H3,(H2,18,21). The van der Waals surface area contributed by atoms with Crippen LogP contribution in [-0.4, -0.2) is 42.0 Å². The molecule has 21 heavy (non-hydrogen) atoms. The number of hydrogen-bond donors (Lipinski definition) is 2. The van der Waals surface area contributed by atoms with Crippen molar-refractivity contribution in [3.63, 3.8) is 0 Å². The molecule has 0 radical (unpaired) electrons. The van der Waals surface area contributed by atoms with Crippen molar-refractivity contribution in [1.29, 1.82) is 0 Å². The van der Waals surface area contributed by atoms with Gasteiger partial charge in [0.1, 0.15) is 0 Å². The van der Waals surface area contributed by atoms with E-state index in [2.05, 4.69) is 10.2 Å². The van der Waals surface area contributed by atoms with Crippen molar-refractivity contribution in [2.24, 2.45) is 11.7 Å². The van der Waals surface area contributed by atoms with Gasteiger partial charge in [0.15, 0.2) is 0 Å². The van der Waals surface area contributed by atoms with Crippen LogP contribution in [-0.2, 0) is 4.79 Å². The summed E-state index contributed by atoms with van der Waals surface area (Å²) in [4.78, 5) is 14.7. The molecule has 4 nitrogen and oxygen atoms in total. The Kier molecular flexibility index (Phi) is 4.55. The molecule has 3 aliphatic rings. The van der Waals surface area contributed by atoms with Crippen molar-refractivity contribution in [2.75, 3.05) is 13.6 Å².